The van der Waals surface area contributed by atoms with Crippen molar-refractivity contribution < 1.29 is 19.4 Å². The largest absolute Gasteiger partial charge is 0.493 e. The second kappa shape index (κ2) is 10.7. The lowest BCUT2D eigenvalue weighted by atomic mass is 10.0. The Bertz CT molecular complexity index is 756. The number of aliphatic hydroxyl groups excluding tert-OH is 1. The Kier molecular flexibility index (Phi) is 8.33. The third kappa shape index (κ3) is 6.89. The summed E-state index contributed by atoms with van der Waals surface area (Å²) in [6, 6.07) is 13.9. The van der Waals surface area contributed by atoms with Crippen molar-refractivity contribution in [1.82, 2.24) is 5.32 Å². The highest BCUT2D eigenvalue weighted by Crippen LogP contribution is 2.29. The molecule has 0 fully saturated rings. The predicted octanol–water partition coefficient (Wildman–Crippen LogP) is 3.44. The van der Waals surface area contributed by atoms with Crippen LogP contribution in [-0.2, 0) is 17.6 Å². The molecule has 0 heterocycles. The number of amides is 1. The number of hydrogen-bond acceptors (Lipinski definition) is 4. The maximum Gasteiger partial charge on any atom is 0.248 e. The van der Waals surface area contributed by atoms with Crippen molar-refractivity contribution >= 4 is 5.91 Å². The molecule has 0 spiro atoms. The average Bonchev–Trinajstić information content (AvgIpc) is 2.67. The molecule has 2 rings (SSSR count). The first-order valence-corrected chi connectivity index (χ1v) is 9.74. The number of carbonyl (C=O) groups excluding carboxylic acids is 1. The van der Waals surface area contributed by atoms with E-state index < -0.39 is 6.10 Å². The molecule has 0 aliphatic rings. The van der Waals surface area contributed by atoms with Crippen LogP contribution in [0, 0.1) is 6.92 Å². The van der Waals surface area contributed by atoms with Gasteiger partial charge in [-0.15, -0.1) is 0 Å². The Hall–Kier alpha value is -2.53. The molecule has 0 aliphatic heterocycles. The first kappa shape index (κ1) is 21.8. The van der Waals surface area contributed by atoms with Gasteiger partial charge in [0.15, 0.2) is 11.5 Å². The lowest BCUT2D eigenvalue weighted by Crippen LogP contribution is -2.36. The molecule has 0 aromatic heterocycles. The highest BCUT2D eigenvalue weighted by atomic mass is 16.5. The standard InChI is InChI=1S/C23H31NO4/c1-16(2)28-21-12-10-19(15-22(21)27-4)13-14-24-23(26)20(25)11-9-18-7-5-17(3)6-8-18/h5-8,10,12,15-16,20,25H,9,11,13-14H2,1-4H3,(H,24,26)/t20-/m1/s1. The van der Waals surface area contributed by atoms with Crippen LogP contribution in [0.15, 0.2) is 42.5 Å². The monoisotopic (exact) mass is 385 g/mol. The summed E-state index contributed by atoms with van der Waals surface area (Å²) in [4.78, 5) is 12.1. The third-order valence-corrected chi connectivity index (χ3v) is 4.43. The lowest BCUT2D eigenvalue weighted by Gasteiger charge is -2.15. The van der Waals surface area contributed by atoms with Gasteiger partial charge in [0.05, 0.1) is 13.2 Å². The van der Waals surface area contributed by atoms with E-state index in [1.807, 2.05) is 63.2 Å². The number of hydrogen-bond donors (Lipinski definition) is 2. The summed E-state index contributed by atoms with van der Waals surface area (Å²) in [5.41, 5.74) is 3.35. The van der Waals surface area contributed by atoms with E-state index >= 15 is 0 Å². The van der Waals surface area contributed by atoms with Gasteiger partial charge in [0.1, 0.15) is 6.10 Å². The maximum atomic E-state index is 12.1. The Balaban J connectivity index is 1.78. The molecule has 2 aromatic carbocycles. The molecule has 1 amide bonds. The summed E-state index contributed by atoms with van der Waals surface area (Å²) in [7, 11) is 1.61. The van der Waals surface area contributed by atoms with Crippen molar-refractivity contribution in [2.75, 3.05) is 13.7 Å². The highest BCUT2D eigenvalue weighted by molar-refractivity contribution is 5.80. The number of aliphatic hydroxyl groups is 1. The van der Waals surface area contributed by atoms with Gasteiger partial charge in [-0.2, -0.15) is 0 Å². The summed E-state index contributed by atoms with van der Waals surface area (Å²) in [6.45, 7) is 6.42. The van der Waals surface area contributed by atoms with E-state index in [9.17, 15) is 9.90 Å². The predicted molar refractivity (Wildman–Crippen MR) is 111 cm³/mol. The van der Waals surface area contributed by atoms with Crippen molar-refractivity contribution in [3.63, 3.8) is 0 Å². The number of methoxy groups -OCH3 is 1. The van der Waals surface area contributed by atoms with Gasteiger partial charge < -0.3 is 19.9 Å². The number of rotatable bonds is 10. The number of ether oxygens (including phenoxy) is 2. The fourth-order valence-electron chi connectivity index (χ4n) is 2.86. The first-order chi connectivity index (χ1) is 13.4. The lowest BCUT2D eigenvalue weighted by molar-refractivity contribution is -0.129. The van der Waals surface area contributed by atoms with E-state index in [1.54, 1.807) is 7.11 Å². The Morgan fingerprint density at radius 2 is 1.71 bits per heavy atom. The van der Waals surface area contributed by atoms with E-state index in [0.29, 0.717) is 37.3 Å². The second-order valence-electron chi connectivity index (χ2n) is 7.23. The smallest absolute Gasteiger partial charge is 0.248 e. The minimum absolute atomic E-state index is 0.0698. The quantitative estimate of drug-likeness (QED) is 0.657. The number of carbonyl (C=O) groups is 1. The van der Waals surface area contributed by atoms with Crippen LogP contribution in [0.25, 0.3) is 0 Å². The van der Waals surface area contributed by atoms with Gasteiger partial charge in [-0.1, -0.05) is 35.9 Å². The molecule has 2 aromatic rings. The summed E-state index contributed by atoms with van der Waals surface area (Å²) in [5, 5.41) is 12.9. The normalized spacial score (nSPS) is 11.9. The average molecular weight is 386 g/mol. The molecule has 152 valence electrons. The molecular weight excluding hydrogens is 354 g/mol. The van der Waals surface area contributed by atoms with Gasteiger partial charge >= 0.3 is 0 Å². The van der Waals surface area contributed by atoms with Gasteiger partial charge in [0.2, 0.25) is 5.91 Å². The SMILES string of the molecule is COc1cc(CCNC(=O)[C@H](O)CCc2ccc(C)cc2)ccc1OC(C)C. The summed E-state index contributed by atoms with van der Waals surface area (Å²) in [5.74, 6) is 1.05. The molecule has 0 bridgehead atoms. The van der Waals surface area contributed by atoms with Crippen LogP contribution in [0.2, 0.25) is 0 Å². The van der Waals surface area contributed by atoms with Gasteiger partial charge in [-0.3, -0.25) is 4.79 Å². The number of aryl methyl sites for hydroxylation is 2. The molecule has 0 saturated carbocycles. The van der Waals surface area contributed by atoms with Crippen molar-refractivity contribution in [2.24, 2.45) is 0 Å². The van der Waals surface area contributed by atoms with Crippen molar-refractivity contribution in [2.45, 2.75) is 52.2 Å². The van der Waals surface area contributed by atoms with Gasteiger partial charge in [-0.25, -0.2) is 0 Å². The molecular formula is C23H31NO4. The minimum atomic E-state index is -1.00. The second-order valence-corrected chi connectivity index (χ2v) is 7.23. The van der Waals surface area contributed by atoms with Crippen LogP contribution in [0.4, 0.5) is 0 Å². The Labute approximate surface area is 167 Å². The van der Waals surface area contributed by atoms with E-state index in [-0.39, 0.29) is 12.0 Å². The van der Waals surface area contributed by atoms with Crippen LogP contribution in [0.1, 0.15) is 37.0 Å². The third-order valence-electron chi connectivity index (χ3n) is 4.43. The molecule has 2 N–H and O–H groups in total. The molecule has 0 radical (unpaired) electrons. The van der Waals surface area contributed by atoms with E-state index in [4.69, 9.17) is 9.47 Å². The van der Waals surface area contributed by atoms with E-state index in [1.165, 1.54) is 5.56 Å². The van der Waals surface area contributed by atoms with Gasteiger partial charge in [-0.05, 0) is 63.3 Å². The van der Waals surface area contributed by atoms with Crippen molar-refractivity contribution in [1.29, 1.82) is 0 Å². The molecule has 5 nitrogen and oxygen atoms in total. The van der Waals surface area contributed by atoms with Crippen LogP contribution < -0.4 is 14.8 Å². The Morgan fingerprint density at radius 1 is 1.04 bits per heavy atom. The maximum absolute atomic E-state index is 12.1. The molecule has 5 heteroatoms. The highest BCUT2D eigenvalue weighted by Gasteiger charge is 2.14. The molecule has 0 aliphatic carbocycles. The summed E-state index contributed by atoms with van der Waals surface area (Å²) in [6.07, 6.45) is 0.792. The molecule has 0 unspecified atom stereocenters. The van der Waals surface area contributed by atoms with Crippen molar-refractivity contribution in [3.8, 4) is 11.5 Å². The number of benzene rings is 2. The van der Waals surface area contributed by atoms with Crippen LogP contribution in [0.5, 0.6) is 11.5 Å². The summed E-state index contributed by atoms with van der Waals surface area (Å²) >= 11 is 0. The van der Waals surface area contributed by atoms with Crippen molar-refractivity contribution in [3.05, 3.63) is 59.2 Å². The van der Waals surface area contributed by atoms with E-state index in [2.05, 4.69) is 5.32 Å². The van der Waals surface area contributed by atoms with Gasteiger partial charge in [0, 0.05) is 6.54 Å². The zero-order valence-corrected chi connectivity index (χ0v) is 17.2. The fraction of sp³-hybridized carbons (Fsp3) is 0.435. The first-order valence-electron chi connectivity index (χ1n) is 9.74. The van der Waals surface area contributed by atoms with Crippen LogP contribution >= 0.6 is 0 Å². The van der Waals surface area contributed by atoms with Gasteiger partial charge in [0.25, 0.3) is 0 Å². The van der Waals surface area contributed by atoms with Crippen LogP contribution in [-0.4, -0.2) is 36.9 Å². The number of nitrogens with one attached hydrogen (secondary N) is 1. The minimum Gasteiger partial charge on any atom is -0.493 e. The summed E-state index contributed by atoms with van der Waals surface area (Å²) < 4.78 is 11.1. The van der Waals surface area contributed by atoms with Crippen LogP contribution in [0.3, 0.4) is 0 Å². The topological polar surface area (TPSA) is 67.8 Å². The molecule has 1 atom stereocenters. The zero-order chi connectivity index (χ0) is 20.5. The zero-order valence-electron chi connectivity index (χ0n) is 17.2. The molecule has 28 heavy (non-hydrogen) atoms. The Morgan fingerprint density at radius 3 is 2.36 bits per heavy atom. The molecule has 0 saturated heterocycles. The fourth-order valence-corrected chi connectivity index (χ4v) is 2.86. The van der Waals surface area contributed by atoms with E-state index in [0.717, 1.165) is 11.1 Å².